The zero-order valence-corrected chi connectivity index (χ0v) is 20.6. The Morgan fingerprint density at radius 1 is 0.941 bits per heavy atom. The second-order valence-electron chi connectivity index (χ2n) is 9.24. The van der Waals surface area contributed by atoms with Crippen LogP contribution in [-0.4, -0.2) is 31.3 Å². The van der Waals surface area contributed by atoms with Crippen LogP contribution in [-0.2, 0) is 15.4 Å². The summed E-state index contributed by atoms with van der Waals surface area (Å²) in [6.45, 7) is 6.53. The Bertz CT molecular complexity index is 1530. The zero-order valence-electron chi connectivity index (χ0n) is 19.8. The van der Waals surface area contributed by atoms with Crippen LogP contribution in [0.2, 0.25) is 0 Å². The van der Waals surface area contributed by atoms with Gasteiger partial charge in [-0.15, -0.1) is 0 Å². The highest BCUT2D eigenvalue weighted by molar-refractivity contribution is 7.92. The molecule has 0 aliphatic carbocycles. The first kappa shape index (κ1) is 23.5. The largest absolute Gasteiger partial charge is 0.495 e. The van der Waals surface area contributed by atoms with Crippen molar-refractivity contribution in [2.45, 2.75) is 26.2 Å². The molecule has 7 nitrogen and oxygen atoms in total. The van der Waals surface area contributed by atoms with Crippen molar-refractivity contribution in [1.82, 2.24) is 9.55 Å². The molecule has 0 bridgehead atoms. The van der Waals surface area contributed by atoms with E-state index in [1.54, 1.807) is 24.3 Å². The number of hydrogen-bond donors (Lipinski definition) is 1. The lowest BCUT2D eigenvalue weighted by molar-refractivity contribution is 0.417. The standard InChI is InChI=1S/C26H27N3O4S/c1-26(2,3)19-9-6-17(7-10-19)18-8-12-21-22(14-18)27-16-29(25(21)30)20-11-13-24(33-4)23(15-20)28-34(5,31)32/h6-16,28H,1-5H3. The molecule has 34 heavy (non-hydrogen) atoms. The molecule has 0 atom stereocenters. The summed E-state index contributed by atoms with van der Waals surface area (Å²) in [5, 5.41) is 0.464. The molecule has 4 aromatic rings. The lowest BCUT2D eigenvalue weighted by Gasteiger charge is -2.19. The zero-order chi connectivity index (χ0) is 24.7. The Kier molecular flexibility index (Phi) is 5.95. The van der Waals surface area contributed by atoms with Gasteiger partial charge in [0.15, 0.2) is 0 Å². The van der Waals surface area contributed by atoms with E-state index in [1.807, 2.05) is 12.1 Å². The number of sulfonamides is 1. The first-order chi connectivity index (χ1) is 16.0. The van der Waals surface area contributed by atoms with Crippen molar-refractivity contribution in [2.75, 3.05) is 18.1 Å². The summed E-state index contributed by atoms with van der Waals surface area (Å²) >= 11 is 0. The number of anilines is 1. The van der Waals surface area contributed by atoms with Crippen LogP contribution in [0.5, 0.6) is 5.75 Å². The molecule has 176 valence electrons. The van der Waals surface area contributed by atoms with E-state index < -0.39 is 10.0 Å². The molecule has 1 heterocycles. The Morgan fingerprint density at radius 2 is 1.62 bits per heavy atom. The molecule has 0 amide bonds. The molecule has 0 aliphatic heterocycles. The van der Waals surface area contributed by atoms with Gasteiger partial charge in [-0.2, -0.15) is 0 Å². The fraction of sp³-hybridized carbons (Fsp3) is 0.231. The van der Waals surface area contributed by atoms with Crippen molar-refractivity contribution >= 4 is 26.6 Å². The van der Waals surface area contributed by atoms with Crippen LogP contribution >= 0.6 is 0 Å². The van der Waals surface area contributed by atoms with Crippen LogP contribution in [0.1, 0.15) is 26.3 Å². The van der Waals surface area contributed by atoms with Crippen LogP contribution in [0.3, 0.4) is 0 Å². The number of fused-ring (bicyclic) bond motifs is 1. The molecule has 1 aromatic heterocycles. The topological polar surface area (TPSA) is 90.3 Å². The van der Waals surface area contributed by atoms with Crippen molar-refractivity contribution in [3.8, 4) is 22.6 Å². The average Bonchev–Trinajstić information content (AvgIpc) is 2.77. The van der Waals surface area contributed by atoms with Gasteiger partial charge in [-0.05, 0) is 52.4 Å². The summed E-state index contributed by atoms with van der Waals surface area (Å²) in [4.78, 5) is 17.7. The van der Waals surface area contributed by atoms with E-state index >= 15 is 0 Å². The van der Waals surface area contributed by atoms with Crippen molar-refractivity contribution < 1.29 is 13.2 Å². The molecule has 0 saturated heterocycles. The maximum atomic E-state index is 13.2. The predicted octanol–water partition coefficient (Wildman–Crippen LogP) is 4.73. The predicted molar refractivity (Wildman–Crippen MR) is 136 cm³/mol. The minimum atomic E-state index is -3.53. The minimum Gasteiger partial charge on any atom is -0.495 e. The van der Waals surface area contributed by atoms with Gasteiger partial charge in [0.25, 0.3) is 5.56 Å². The molecule has 4 rings (SSSR count). The summed E-state index contributed by atoms with van der Waals surface area (Å²) in [6.07, 6.45) is 2.50. The summed E-state index contributed by atoms with van der Waals surface area (Å²) in [5.74, 6) is 0.345. The third-order valence-electron chi connectivity index (χ3n) is 5.60. The maximum Gasteiger partial charge on any atom is 0.265 e. The fourth-order valence-corrected chi connectivity index (χ4v) is 4.33. The van der Waals surface area contributed by atoms with Crippen LogP contribution in [0.25, 0.3) is 27.7 Å². The smallest absolute Gasteiger partial charge is 0.265 e. The van der Waals surface area contributed by atoms with E-state index in [0.717, 1.165) is 17.4 Å². The number of methoxy groups -OCH3 is 1. The summed E-state index contributed by atoms with van der Waals surface area (Å²) < 4.78 is 32.5. The Labute approximate surface area is 199 Å². The molecular formula is C26H27N3O4S. The number of aromatic nitrogens is 2. The number of ether oxygens (including phenoxy) is 1. The minimum absolute atomic E-state index is 0.0761. The molecule has 0 spiro atoms. The van der Waals surface area contributed by atoms with E-state index in [4.69, 9.17) is 4.74 Å². The van der Waals surface area contributed by atoms with E-state index in [2.05, 4.69) is 54.7 Å². The van der Waals surface area contributed by atoms with Crippen LogP contribution in [0.4, 0.5) is 5.69 Å². The monoisotopic (exact) mass is 477 g/mol. The average molecular weight is 478 g/mol. The highest BCUT2D eigenvalue weighted by Gasteiger charge is 2.15. The maximum absolute atomic E-state index is 13.2. The lowest BCUT2D eigenvalue weighted by atomic mass is 9.86. The van der Waals surface area contributed by atoms with Gasteiger partial charge in [0.2, 0.25) is 10.0 Å². The van der Waals surface area contributed by atoms with Gasteiger partial charge in [0.05, 0.1) is 35.6 Å². The van der Waals surface area contributed by atoms with Gasteiger partial charge < -0.3 is 4.74 Å². The van der Waals surface area contributed by atoms with Crippen LogP contribution in [0, 0.1) is 0 Å². The molecule has 3 aromatic carbocycles. The van der Waals surface area contributed by atoms with Crippen LogP contribution < -0.4 is 15.0 Å². The summed E-state index contributed by atoms with van der Waals surface area (Å²) in [5.41, 5.74) is 4.39. The molecule has 0 saturated carbocycles. The van der Waals surface area contributed by atoms with Gasteiger partial charge in [-0.1, -0.05) is 51.1 Å². The highest BCUT2D eigenvalue weighted by Crippen LogP contribution is 2.29. The molecule has 1 N–H and O–H groups in total. The summed E-state index contributed by atoms with van der Waals surface area (Å²) in [6, 6.07) is 18.8. The highest BCUT2D eigenvalue weighted by atomic mass is 32.2. The Morgan fingerprint density at radius 3 is 2.24 bits per heavy atom. The third-order valence-corrected chi connectivity index (χ3v) is 6.19. The molecule has 8 heteroatoms. The van der Waals surface area contributed by atoms with Crippen molar-refractivity contribution in [3.63, 3.8) is 0 Å². The summed E-state index contributed by atoms with van der Waals surface area (Å²) in [7, 11) is -2.08. The normalized spacial score (nSPS) is 12.0. The molecule has 0 aliphatic rings. The van der Waals surface area contributed by atoms with Crippen LogP contribution in [0.15, 0.2) is 71.8 Å². The SMILES string of the molecule is COc1ccc(-n2cnc3cc(-c4ccc(C(C)(C)C)cc4)ccc3c2=O)cc1NS(C)(=O)=O. The Balaban J connectivity index is 1.74. The quantitative estimate of drug-likeness (QED) is 0.449. The number of nitrogens with one attached hydrogen (secondary N) is 1. The molecular weight excluding hydrogens is 450 g/mol. The van der Waals surface area contributed by atoms with E-state index in [-0.39, 0.29) is 16.7 Å². The first-order valence-corrected chi connectivity index (χ1v) is 12.6. The second-order valence-corrected chi connectivity index (χ2v) is 11.0. The van der Waals surface area contributed by atoms with Gasteiger partial charge >= 0.3 is 0 Å². The number of nitrogens with zero attached hydrogens (tertiary/aromatic N) is 2. The van der Waals surface area contributed by atoms with Gasteiger partial charge in [-0.3, -0.25) is 14.1 Å². The number of hydrogen-bond acceptors (Lipinski definition) is 5. The molecule has 0 radical (unpaired) electrons. The number of rotatable bonds is 5. The lowest BCUT2D eigenvalue weighted by Crippen LogP contribution is -2.19. The third kappa shape index (κ3) is 4.82. The van der Waals surface area contributed by atoms with Crippen molar-refractivity contribution in [1.29, 1.82) is 0 Å². The van der Waals surface area contributed by atoms with Crippen molar-refractivity contribution in [2.24, 2.45) is 0 Å². The molecule has 0 unspecified atom stereocenters. The van der Waals surface area contributed by atoms with E-state index in [1.165, 1.54) is 23.6 Å². The number of benzene rings is 3. The first-order valence-electron chi connectivity index (χ1n) is 10.7. The fourth-order valence-electron chi connectivity index (χ4n) is 3.77. The molecule has 0 fully saturated rings. The van der Waals surface area contributed by atoms with Crippen molar-refractivity contribution in [3.05, 3.63) is 82.9 Å². The van der Waals surface area contributed by atoms with Gasteiger partial charge in [0.1, 0.15) is 12.1 Å². The van der Waals surface area contributed by atoms with Gasteiger partial charge in [-0.25, -0.2) is 13.4 Å². The van der Waals surface area contributed by atoms with E-state index in [0.29, 0.717) is 22.3 Å². The van der Waals surface area contributed by atoms with E-state index in [9.17, 15) is 13.2 Å². The second kappa shape index (κ2) is 8.61. The Hall–Kier alpha value is -3.65. The van der Waals surface area contributed by atoms with Gasteiger partial charge in [0, 0.05) is 0 Å².